The van der Waals surface area contributed by atoms with Crippen LogP contribution in [0.2, 0.25) is 4.18 Å². The van der Waals surface area contributed by atoms with Crippen LogP contribution in [-0.2, 0) is 4.79 Å². The van der Waals surface area contributed by atoms with Crippen molar-refractivity contribution >= 4 is 28.8 Å². The fourth-order valence-electron chi connectivity index (χ4n) is 1.84. The molecule has 0 bridgehead atoms. The molecule has 0 saturated carbocycles. The van der Waals surface area contributed by atoms with E-state index in [-0.39, 0.29) is 19.0 Å². The van der Waals surface area contributed by atoms with Crippen LogP contribution in [0.1, 0.15) is 13.3 Å². The zero-order valence-corrected chi connectivity index (χ0v) is 11.3. The monoisotopic (exact) mass is 302 g/mol. The molecule has 1 amide bonds. The summed E-state index contributed by atoms with van der Waals surface area (Å²) in [7, 11) is 0. The normalized spacial score (nSPS) is 24.6. The van der Waals surface area contributed by atoms with Gasteiger partial charge in [-0.2, -0.15) is 0 Å². The Bertz CT molecular complexity index is 306. The molecular formula is C9H11F2InNO. The maximum absolute atomic E-state index is 12.5. The third-order valence-corrected chi connectivity index (χ3v) is 7.61. The summed E-state index contributed by atoms with van der Waals surface area (Å²) < 4.78 is 27.2. The van der Waals surface area contributed by atoms with Gasteiger partial charge in [-0.15, -0.1) is 0 Å². The first-order chi connectivity index (χ1) is 6.49. The van der Waals surface area contributed by atoms with E-state index >= 15 is 0 Å². The Kier molecular flexibility index (Phi) is 2.62. The Morgan fingerprint density at radius 2 is 2.14 bits per heavy atom. The fourth-order valence-corrected chi connectivity index (χ4v) is 6.74. The van der Waals surface area contributed by atoms with Crippen molar-refractivity contribution in [3.05, 3.63) is 8.90 Å². The number of likely N-dealkylation sites (tertiary alicyclic amines) is 1. The summed E-state index contributed by atoms with van der Waals surface area (Å²) in [6.07, 6.45) is 1.02. The minimum atomic E-state index is -2.63. The zero-order valence-electron chi connectivity index (χ0n) is 8.02. The molecule has 2 aliphatic heterocycles. The summed E-state index contributed by atoms with van der Waals surface area (Å²) in [5, 5.41) is 0. The Balaban J connectivity index is 2.01. The third-order valence-electron chi connectivity index (χ3n) is 2.69. The number of nitrogens with zero attached hydrogens (tertiary/aromatic N) is 1. The third kappa shape index (κ3) is 1.83. The van der Waals surface area contributed by atoms with E-state index in [0.29, 0.717) is 0 Å². The summed E-state index contributed by atoms with van der Waals surface area (Å²) in [6, 6.07) is 0. The van der Waals surface area contributed by atoms with Crippen molar-refractivity contribution < 1.29 is 13.6 Å². The molecule has 2 nitrogen and oxygen atoms in total. The van der Waals surface area contributed by atoms with E-state index in [1.165, 1.54) is 9.08 Å². The number of allylic oxidation sites excluding steroid dienone is 1. The van der Waals surface area contributed by atoms with Gasteiger partial charge in [0.15, 0.2) is 0 Å². The number of carbonyl (C=O) groups is 1. The van der Waals surface area contributed by atoms with Crippen molar-refractivity contribution in [3.63, 3.8) is 0 Å². The fraction of sp³-hybridized carbons (Fsp3) is 0.667. The van der Waals surface area contributed by atoms with Gasteiger partial charge in [-0.05, 0) is 0 Å². The van der Waals surface area contributed by atoms with Crippen molar-refractivity contribution in [2.45, 2.75) is 23.4 Å². The number of halogens is 2. The quantitative estimate of drug-likeness (QED) is 0.714. The number of rotatable bonds is 1. The average molecular weight is 302 g/mol. The van der Waals surface area contributed by atoms with Crippen LogP contribution in [0.5, 0.6) is 0 Å². The van der Waals surface area contributed by atoms with Crippen LogP contribution >= 0.6 is 0 Å². The molecule has 75 valence electrons. The molecule has 0 aromatic rings. The van der Waals surface area contributed by atoms with Gasteiger partial charge in [0.1, 0.15) is 0 Å². The summed E-state index contributed by atoms with van der Waals surface area (Å²) in [5.74, 6) is -2.72. The molecule has 0 spiro atoms. The average Bonchev–Trinajstić information content (AvgIpc) is 2.45. The predicted octanol–water partition coefficient (Wildman–Crippen LogP) is 1.26. The first-order valence-corrected chi connectivity index (χ1v) is 8.67. The molecule has 0 aromatic carbocycles. The molecule has 2 rings (SSSR count). The topological polar surface area (TPSA) is 20.3 Å². The van der Waals surface area contributed by atoms with E-state index in [1.807, 2.05) is 6.92 Å². The molecule has 0 N–H and O–H groups in total. The van der Waals surface area contributed by atoms with Crippen LogP contribution in [0.3, 0.4) is 0 Å². The van der Waals surface area contributed by atoms with Crippen LogP contribution in [-0.4, -0.2) is 52.7 Å². The predicted molar refractivity (Wildman–Crippen MR) is 49.4 cm³/mol. The van der Waals surface area contributed by atoms with Crippen molar-refractivity contribution in [3.8, 4) is 0 Å². The van der Waals surface area contributed by atoms with Crippen LogP contribution in [0.25, 0.3) is 0 Å². The molecule has 2 heterocycles. The van der Waals surface area contributed by atoms with Gasteiger partial charge in [-0.3, -0.25) is 0 Å². The van der Waals surface area contributed by atoms with E-state index in [0.717, 1.165) is 15.3 Å². The van der Waals surface area contributed by atoms with Crippen LogP contribution in [0.15, 0.2) is 8.90 Å². The van der Waals surface area contributed by atoms with Gasteiger partial charge in [-0.25, -0.2) is 0 Å². The van der Waals surface area contributed by atoms with Gasteiger partial charge in [0.05, 0.1) is 0 Å². The van der Waals surface area contributed by atoms with Crippen LogP contribution < -0.4 is 0 Å². The summed E-state index contributed by atoms with van der Waals surface area (Å²) >= 11 is -0.892. The summed E-state index contributed by atoms with van der Waals surface area (Å²) in [5.41, 5.74) is 1.16. The maximum atomic E-state index is 12.5. The standard InChI is InChI=1S/C9H11F2NO.In/c1-3-7(2)4-8(13)12-5-9(10,11)6-12;/h1,3,5-6H2,2H3;. The Labute approximate surface area is 92.7 Å². The second-order valence-corrected chi connectivity index (χ2v) is 8.41. The number of carbonyl (C=O) groups excluding carboxylic acids is 1. The molecule has 1 radical (unpaired) electrons. The van der Waals surface area contributed by atoms with Gasteiger partial charge in [-0.1, -0.05) is 0 Å². The molecule has 0 aliphatic carbocycles. The Morgan fingerprint density at radius 1 is 1.50 bits per heavy atom. The van der Waals surface area contributed by atoms with E-state index in [2.05, 4.69) is 0 Å². The van der Waals surface area contributed by atoms with Gasteiger partial charge in [0.2, 0.25) is 0 Å². The first kappa shape index (κ1) is 10.5. The van der Waals surface area contributed by atoms with Crippen LogP contribution in [0, 0.1) is 0 Å². The van der Waals surface area contributed by atoms with Gasteiger partial charge in [0.25, 0.3) is 0 Å². The van der Waals surface area contributed by atoms with Gasteiger partial charge < -0.3 is 0 Å². The van der Waals surface area contributed by atoms with Gasteiger partial charge >= 0.3 is 92.7 Å². The number of hydrogen-bond acceptors (Lipinski definition) is 1. The minimum absolute atomic E-state index is 0.0906. The Hall–Kier alpha value is -0.0599. The molecule has 2 aliphatic rings. The van der Waals surface area contributed by atoms with Gasteiger partial charge in [0, 0.05) is 0 Å². The second-order valence-electron chi connectivity index (χ2n) is 3.95. The molecule has 0 unspecified atom stereocenters. The van der Waals surface area contributed by atoms with E-state index in [9.17, 15) is 13.6 Å². The first-order valence-electron chi connectivity index (χ1n) is 4.70. The van der Waals surface area contributed by atoms with Crippen molar-refractivity contribution in [2.75, 3.05) is 13.1 Å². The molecular weight excluding hydrogens is 291 g/mol. The number of alkyl halides is 2. The van der Waals surface area contributed by atoms with Crippen molar-refractivity contribution in [1.82, 2.24) is 4.90 Å². The number of hydrogen-bond donors (Lipinski definition) is 0. The second kappa shape index (κ2) is 3.51. The van der Waals surface area contributed by atoms with Crippen molar-refractivity contribution in [2.24, 2.45) is 0 Å². The molecule has 1 fully saturated rings. The van der Waals surface area contributed by atoms with Crippen LogP contribution in [0.4, 0.5) is 8.78 Å². The Morgan fingerprint density at radius 3 is 2.57 bits per heavy atom. The van der Waals surface area contributed by atoms with E-state index < -0.39 is 28.8 Å². The SMILES string of the molecule is CC1=[C](C(=O)N2CC(F)(F)C2)[In][CH2]C1. The van der Waals surface area contributed by atoms with E-state index in [4.69, 9.17) is 0 Å². The zero-order chi connectivity index (χ0) is 10.3. The summed E-state index contributed by atoms with van der Waals surface area (Å²) in [6.45, 7) is 1.22. The molecule has 14 heavy (non-hydrogen) atoms. The molecule has 1 saturated heterocycles. The van der Waals surface area contributed by atoms with Crippen molar-refractivity contribution in [1.29, 1.82) is 0 Å². The van der Waals surface area contributed by atoms with E-state index in [1.54, 1.807) is 0 Å². The molecule has 0 atom stereocenters. The summed E-state index contributed by atoms with van der Waals surface area (Å²) in [4.78, 5) is 13.0. The molecule has 0 aromatic heterocycles. The molecule has 5 heteroatoms. The number of amides is 1.